The van der Waals surface area contributed by atoms with Crippen molar-refractivity contribution in [3.63, 3.8) is 0 Å². The number of carbonyl (C=O) groups excluding carboxylic acids is 2. The summed E-state index contributed by atoms with van der Waals surface area (Å²) in [7, 11) is 0. The number of ether oxygens (including phenoxy) is 1. The second-order valence-corrected chi connectivity index (χ2v) is 8.08. The zero-order chi connectivity index (χ0) is 22.3. The molecule has 166 valence electrons. The Bertz CT molecular complexity index is 1100. The summed E-state index contributed by atoms with van der Waals surface area (Å²) in [6.07, 6.45) is 2.69. The fourth-order valence-corrected chi connectivity index (χ4v) is 4.09. The number of aromatic nitrogens is 1. The number of para-hydroxylation sites is 1. The Morgan fingerprint density at radius 2 is 1.91 bits per heavy atom. The van der Waals surface area contributed by atoms with Crippen LogP contribution in [0.5, 0.6) is 5.75 Å². The van der Waals surface area contributed by atoms with Crippen LogP contribution in [0.1, 0.15) is 18.1 Å². The lowest BCUT2D eigenvalue weighted by Gasteiger charge is -2.32. The molecule has 0 fully saturated rings. The van der Waals surface area contributed by atoms with Gasteiger partial charge in [-0.25, -0.2) is 0 Å². The summed E-state index contributed by atoms with van der Waals surface area (Å²) in [6, 6.07) is 17.7. The Balaban J connectivity index is 1.30. The van der Waals surface area contributed by atoms with E-state index in [2.05, 4.69) is 44.8 Å². The van der Waals surface area contributed by atoms with Gasteiger partial charge in [-0.15, -0.1) is 0 Å². The van der Waals surface area contributed by atoms with Crippen LogP contribution in [0.15, 0.2) is 60.8 Å². The molecule has 0 radical (unpaired) electrons. The van der Waals surface area contributed by atoms with E-state index in [-0.39, 0.29) is 24.5 Å². The first-order valence-electron chi connectivity index (χ1n) is 10.9. The standard InChI is InChI=1S/C25H28N4O3/c1-18(30)28-22(16-29-13-11-19-6-2-3-7-21(19)15-29)14-27-24(31)17-32-23-10-4-8-20-9-5-12-26-25(20)23/h2-10,12,22H,11,13-17H2,1H3,(H,27,31)(H,28,30). The van der Waals surface area contributed by atoms with Crippen LogP contribution in [-0.2, 0) is 22.6 Å². The number of carbonyl (C=O) groups is 2. The SMILES string of the molecule is CC(=O)NC(CNC(=O)COc1cccc2cccnc12)CN1CCc2ccccc2C1. The number of benzene rings is 2. The second kappa shape index (κ2) is 10.2. The molecule has 32 heavy (non-hydrogen) atoms. The minimum Gasteiger partial charge on any atom is -0.481 e. The van der Waals surface area contributed by atoms with E-state index in [0.717, 1.165) is 30.4 Å². The lowest BCUT2D eigenvalue weighted by molar-refractivity contribution is -0.124. The van der Waals surface area contributed by atoms with Gasteiger partial charge in [-0.2, -0.15) is 0 Å². The Kier molecular flexibility index (Phi) is 6.97. The highest BCUT2D eigenvalue weighted by atomic mass is 16.5. The van der Waals surface area contributed by atoms with E-state index in [0.29, 0.717) is 18.8 Å². The van der Waals surface area contributed by atoms with Gasteiger partial charge in [-0.05, 0) is 29.7 Å². The number of pyridine rings is 1. The van der Waals surface area contributed by atoms with Crippen molar-refractivity contribution in [2.45, 2.75) is 25.9 Å². The van der Waals surface area contributed by atoms with E-state index in [1.807, 2.05) is 24.3 Å². The molecule has 0 saturated carbocycles. The van der Waals surface area contributed by atoms with E-state index in [1.54, 1.807) is 12.3 Å². The van der Waals surface area contributed by atoms with Gasteiger partial charge in [0.25, 0.3) is 5.91 Å². The normalized spacial score (nSPS) is 14.4. The fraction of sp³-hybridized carbons (Fsp3) is 0.320. The summed E-state index contributed by atoms with van der Waals surface area (Å²) in [6.45, 7) is 4.17. The minimum absolute atomic E-state index is 0.111. The molecule has 1 unspecified atom stereocenters. The predicted molar refractivity (Wildman–Crippen MR) is 123 cm³/mol. The maximum atomic E-state index is 12.4. The van der Waals surface area contributed by atoms with Crippen molar-refractivity contribution in [1.29, 1.82) is 0 Å². The van der Waals surface area contributed by atoms with Crippen molar-refractivity contribution in [3.8, 4) is 5.75 Å². The largest absolute Gasteiger partial charge is 0.481 e. The molecule has 1 aliphatic heterocycles. The van der Waals surface area contributed by atoms with Gasteiger partial charge in [0.15, 0.2) is 6.61 Å². The van der Waals surface area contributed by atoms with Gasteiger partial charge in [0.2, 0.25) is 5.91 Å². The highest BCUT2D eigenvalue weighted by Gasteiger charge is 2.20. The molecular formula is C25H28N4O3. The fourth-order valence-electron chi connectivity index (χ4n) is 4.09. The third-order valence-corrected chi connectivity index (χ3v) is 5.60. The molecule has 7 nitrogen and oxygen atoms in total. The first kappa shape index (κ1) is 21.8. The van der Waals surface area contributed by atoms with Gasteiger partial charge in [-0.3, -0.25) is 19.5 Å². The first-order chi connectivity index (χ1) is 15.6. The molecule has 0 spiro atoms. The van der Waals surface area contributed by atoms with Crippen molar-refractivity contribution in [2.24, 2.45) is 0 Å². The summed E-state index contributed by atoms with van der Waals surface area (Å²) in [5.41, 5.74) is 3.43. The Labute approximate surface area is 187 Å². The minimum atomic E-state index is -0.239. The van der Waals surface area contributed by atoms with Gasteiger partial charge in [0, 0.05) is 44.7 Å². The van der Waals surface area contributed by atoms with Crippen LogP contribution >= 0.6 is 0 Å². The second-order valence-electron chi connectivity index (χ2n) is 8.08. The molecule has 2 heterocycles. The molecule has 1 atom stereocenters. The molecule has 2 amide bonds. The van der Waals surface area contributed by atoms with E-state index in [1.165, 1.54) is 18.1 Å². The third kappa shape index (κ3) is 5.62. The molecule has 0 bridgehead atoms. The van der Waals surface area contributed by atoms with Gasteiger partial charge in [0.1, 0.15) is 11.3 Å². The molecule has 2 N–H and O–H groups in total. The number of nitrogens with one attached hydrogen (secondary N) is 2. The first-order valence-corrected chi connectivity index (χ1v) is 10.9. The molecule has 0 saturated heterocycles. The van der Waals surface area contributed by atoms with Crippen LogP contribution in [0.3, 0.4) is 0 Å². The Hall–Kier alpha value is -3.45. The molecule has 7 heteroatoms. The summed E-state index contributed by atoms with van der Waals surface area (Å²) >= 11 is 0. The van der Waals surface area contributed by atoms with Gasteiger partial charge in [0.05, 0.1) is 6.04 Å². The highest BCUT2D eigenvalue weighted by molar-refractivity contribution is 5.85. The van der Waals surface area contributed by atoms with E-state index in [9.17, 15) is 9.59 Å². The lowest BCUT2D eigenvalue weighted by Crippen LogP contribution is -2.50. The summed E-state index contributed by atoms with van der Waals surface area (Å²) in [5, 5.41) is 6.81. The zero-order valence-corrected chi connectivity index (χ0v) is 18.2. The van der Waals surface area contributed by atoms with E-state index in [4.69, 9.17) is 4.74 Å². The maximum Gasteiger partial charge on any atom is 0.258 e. The molecule has 2 aromatic carbocycles. The monoisotopic (exact) mass is 432 g/mol. The van der Waals surface area contributed by atoms with Crippen LogP contribution in [0.4, 0.5) is 0 Å². The Morgan fingerprint density at radius 1 is 1.09 bits per heavy atom. The number of hydrogen-bond acceptors (Lipinski definition) is 5. The summed E-state index contributed by atoms with van der Waals surface area (Å²) in [4.78, 5) is 30.8. The highest BCUT2D eigenvalue weighted by Crippen LogP contribution is 2.22. The smallest absolute Gasteiger partial charge is 0.258 e. The molecule has 0 aliphatic carbocycles. The van der Waals surface area contributed by atoms with Gasteiger partial charge < -0.3 is 15.4 Å². The van der Waals surface area contributed by atoms with Crippen LogP contribution < -0.4 is 15.4 Å². The van der Waals surface area contributed by atoms with Crippen LogP contribution in [0.25, 0.3) is 10.9 Å². The average Bonchev–Trinajstić information content (AvgIpc) is 2.80. The van der Waals surface area contributed by atoms with E-state index >= 15 is 0 Å². The summed E-state index contributed by atoms with van der Waals surface area (Å²) < 4.78 is 5.71. The number of nitrogens with zero attached hydrogens (tertiary/aromatic N) is 2. The van der Waals surface area contributed by atoms with E-state index < -0.39 is 0 Å². The van der Waals surface area contributed by atoms with Crippen LogP contribution in [-0.4, -0.2) is 54.0 Å². The van der Waals surface area contributed by atoms with Crippen molar-refractivity contribution in [2.75, 3.05) is 26.2 Å². The molecule has 1 aliphatic rings. The number of fused-ring (bicyclic) bond motifs is 2. The van der Waals surface area contributed by atoms with Crippen molar-refractivity contribution < 1.29 is 14.3 Å². The number of hydrogen-bond donors (Lipinski definition) is 2. The Morgan fingerprint density at radius 3 is 2.75 bits per heavy atom. The van der Waals surface area contributed by atoms with Crippen molar-refractivity contribution >= 4 is 22.7 Å². The summed E-state index contributed by atoms with van der Waals surface area (Å²) in [5.74, 6) is 0.223. The number of amides is 2. The number of rotatable bonds is 8. The average molecular weight is 433 g/mol. The van der Waals surface area contributed by atoms with Crippen molar-refractivity contribution in [3.05, 3.63) is 71.9 Å². The van der Waals surface area contributed by atoms with Gasteiger partial charge in [-0.1, -0.05) is 42.5 Å². The quantitative estimate of drug-likeness (QED) is 0.571. The topological polar surface area (TPSA) is 83.6 Å². The van der Waals surface area contributed by atoms with Crippen LogP contribution in [0.2, 0.25) is 0 Å². The molecule has 3 aromatic rings. The predicted octanol–water partition coefficient (Wildman–Crippen LogP) is 2.29. The molecule has 1 aromatic heterocycles. The lowest BCUT2D eigenvalue weighted by atomic mass is 9.99. The third-order valence-electron chi connectivity index (χ3n) is 5.60. The van der Waals surface area contributed by atoms with Gasteiger partial charge >= 0.3 is 0 Å². The maximum absolute atomic E-state index is 12.4. The molecular weight excluding hydrogens is 404 g/mol. The van der Waals surface area contributed by atoms with Crippen molar-refractivity contribution in [1.82, 2.24) is 20.5 Å². The molecule has 4 rings (SSSR count). The zero-order valence-electron chi connectivity index (χ0n) is 18.2. The van der Waals surface area contributed by atoms with Crippen LogP contribution in [0, 0.1) is 0 Å².